The van der Waals surface area contributed by atoms with Gasteiger partial charge in [-0.15, -0.1) is 0 Å². The van der Waals surface area contributed by atoms with Crippen LogP contribution in [0.25, 0.3) is 0 Å². The Morgan fingerprint density at radius 1 is 1.44 bits per heavy atom. The monoisotopic (exact) mass is 367 g/mol. The molecule has 1 aliphatic rings. The summed E-state index contributed by atoms with van der Waals surface area (Å²) in [4.78, 5) is 4.33. The van der Waals surface area contributed by atoms with Crippen molar-refractivity contribution >= 4 is 16.8 Å². The Kier molecular flexibility index (Phi) is 7.93. The molecule has 2 rings (SSSR count). The summed E-state index contributed by atoms with van der Waals surface area (Å²) in [7, 11) is 1.12. The lowest BCUT2D eigenvalue weighted by Crippen LogP contribution is -2.46. The van der Waals surface area contributed by atoms with E-state index in [2.05, 4.69) is 38.4 Å². The lowest BCUT2D eigenvalue weighted by Gasteiger charge is -2.30. The second-order valence-electron chi connectivity index (χ2n) is 6.80. The molecule has 3 atom stereocenters. The second-order valence-corrected chi connectivity index (χ2v) is 8.81. The molecule has 1 aromatic heterocycles. The molecular formula is C18H33N5OS. The minimum Gasteiger partial charge on any atom is -0.356 e. The zero-order valence-corrected chi connectivity index (χ0v) is 16.9. The van der Waals surface area contributed by atoms with Gasteiger partial charge in [-0.05, 0) is 45.6 Å². The minimum atomic E-state index is -0.689. The van der Waals surface area contributed by atoms with Gasteiger partial charge in [0.25, 0.3) is 0 Å². The van der Waals surface area contributed by atoms with Crippen molar-refractivity contribution in [3.05, 3.63) is 17.5 Å². The Labute approximate surface area is 154 Å². The van der Waals surface area contributed by atoms with E-state index in [1.165, 1.54) is 5.69 Å². The second kappa shape index (κ2) is 9.94. The van der Waals surface area contributed by atoms with E-state index in [1.54, 1.807) is 7.05 Å². The number of hydrogen-bond donors (Lipinski definition) is 2. The average molecular weight is 368 g/mol. The Morgan fingerprint density at radius 3 is 2.88 bits per heavy atom. The smallest absolute Gasteiger partial charge is 0.191 e. The maximum absolute atomic E-state index is 12.1. The molecule has 1 heterocycles. The largest absolute Gasteiger partial charge is 0.356 e. The highest BCUT2D eigenvalue weighted by Gasteiger charge is 2.25. The van der Waals surface area contributed by atoms with Gasteiger partial charge in [0, 0.05) is 53.7 Å². The molecule has 0 saturated heterocycles. The molecule has 0 aliphatic heterocycles. The molecular weight excluding hydrogens is 334 g/mol. The molecule has 7 heteroatoms. The van der Waals surface area contributed by atoms with Gasteiger partial charge in [0.05, 0.1) is 5.69 Å². The lowest BCUT2D eigenvalue weighted by atomic mass is 9.95. The number of aliphatic imine (C=N–C) groups is 1. The summed E-state index contributed by atoms with van der Waals surface area (Å²) in [5, 5.41) is 11.7. The van der Waals surface area contributed by atoms with Crippen LogP contribution in [-0.2, 0) is 17.3 Å². The first kappa shape index (κ1) is 19.9. The van der Waals surface area contributed by atoms with Gasteiger partial charge in [-0.2, -0.15) is 5.10 Å². The number of rotatable bonds is 7. The highest BCUT2D eigenvalue weighted by Crippen LogP contribution is 2.22. The fraction of sp³-hybridized carbons (Fsp3) is 0.778. The normalized spacial score (nSPS) is 22.6. The number of nitrogens with one attached hydrogen (secondary N) is 2. The first-order valence-corrected chi connectivity index (χ1v) is 10.8. The SMILES string of the molecule is CCS(=O)C1CCCC(NC(=NC)NCCCn2nc(C)cc2C)C1. The van der Waals surface area contributed by atoms with Crippen LogP contribution in [0.15, 0.2) is 11.1 Å². The van der Waals surface area contributed by atoms with Crippen LogP contribution in [0, 0.1) is 13.8 Å². The van der Waals surface area contributed by atoms with E-state index in [0.29, 0.717) is 11.3 Å². The number of nitrogens with zero attached hydrogens (tertiary/aromatic N) is 3. The summed E-state index contributed by atoms with van der Waals surface area (Å²) in [6.07, 6.45) is 5.34. The third kappa shape index (κ3) is 6.13. The Morgan fingerprint density at radius 2 is 2.24 bits per heavy atom. The van der Waals surface area contributed by atoms with E-state index < -0.39 is 10.8 Å². The Bertz CT molecular complexity index is 598. The molecule has 0 amide bonds. The number of hydrogen-bond acceptors (Lipinski definition) is 3. The summed E-state index contributed by atoms with van der Waals surface area (Å²) in [6, 6.07) is 2.48. The highest BCUT2D eigenvalue weighted by atomic mass is 32.2. The third-order valence-electron chi connectivity index (χ3n) is 4.79. The van der Waals surface area contributed by atoms with Crippen molar-refractivity contribution in [2.24, 2.45) is 4.99 Å². The molecule has 0 aromatic carbocycles. The Balaban J connectivity index is 1.73. The predicted molar refractivity (Wildman–Crippen MR) is 106 cm³/mol. The van der Waals surface area contributed by atoms with E-state index in [9.17, 15) is 4.21 Å². The molecule has 25 heavy (non-hydrogen) atoms. The van der Waals surface area contributed by atoms with Gasteiger partial charge in [0.1, 0.15) is 0 Å². The van der Waals surface area contributed by atoms with Crippen LogP contribution in [0.2, 0.25) is 0 Å². The molecule has 1 fully saturated rings. The van der Waals surface area contributed by atoms with Gasteiger partial charge < -0.3 is 10.6 Å². The first-order valence-electron chi connectivity index (χ1n) is 9.38. The van der Waals surface area contributed by atoms with E-state index in [1.807, 2.05) is 13.8 Å². The maximum Gasteiger partial charge on any atom is 0.191 e. The van der Waals surface area contributed by atoms with E-state index in [-0.39, 0.29) is 0 Å². The zero-order chi connectivity index (χ0) is 18.2. The molecule has 1 saturated carbocycles. The first-order chi connectivity index (χ1) is 12.0. The number of aromatic nitrogens is 2. The molecule has 0 bridgehead atoms. The fourth-order valence-corrected chi connectivity index (χ4v) is 4.82. The molecule has 0 spiro atoms. The van der Waals surface area contributed by atoms with E-state index in [0.717, 1.165) is 62.6 Å². The van der Waals surface area contributed by atoms with Crippen LogP contribution in [0.4, 0.5) is 0 Å². The Hall–Kier alpha value is -1.37. The van der Waals surface area contributed by atoms with Gasteiger partial charge in [-0.3, -0.25) is 13.9 Å². The van der Waals surface area contributed by atoms with Crippen molar-refractivity contribution in [2.75, 3.05) is 19.3 Å². The van der Waals surface area contributed by atoms with Crippen LogP contribution in [0.5, 0.6) is 0 Å². The number of aryl methyl sites for hydroxylation is 3. The maximum atomic E-state index is 12.1. The molecule has 142 valence electrons. The van der Waals surface area contributed by atoms with Crippen LogP contribution < -0.4 is 10.6 Å². The van der Waals surface area contributed by atoms with Gasteiger partial charge in [0.15, 0.2) is 5.96 Å². The molecule has 2 N–H and O–H groups in total. The van der Waals surface area contributed by atoms with Crippen molar-refractivity contribution in [1.82, 2.24) is 20.4 Å². The number of guanidine groups is 1. The van der Waals surface area contributed by atoms with Gasteiger partial charge in [-0.25, -0.2) is 0 Å². The predicted octanol–water partition coefficient (Wildman–Crippen LogP) is 2.13. The summed E-state index contributed by atoms with van der Waals surface area (Å²) in [5.74, 6) is 1.61. The molecule has 3 unspecified atom stereocenters. The van der Waals surface area contributed by atoms with Crippen molar-refractivity contribution in [2.45, 2.75) is 70.7 Å². The molecule has 0 radical (unpaired) electrons. The minimum absolute atomic E-state index is 0.334. The van der Waals surface area contributed by atoms with Crippen LogP contribution in [-0.4, -0.2) is 50.6 Å². The van der Waals surface area contributed by atoms with Gasteiger partial charge in [0.2, 0.25) is 0 Å². The highest BCUT2D eigenvalue weighted by molar-refractivity contribution is 7.85. The van der Waals surface area contributed by atoms with Crippen LogP contribution in [0.1, 0.15) is 50.4 Å². The summed E-state index contributed by atoms with van der Waals surface area (Å²) >= 11 is 0. The topological polar surface area (TPSA) is 71.3 Å². The van der Waals surface area contributed by atoms with E-state index in [4.69, 9.17) is 0 Å². The third-order valence-corrected chi connectivity index (χ3v) is 6.53. The summed E-state index contributed by atoms with van der Waals surface area (Å²) in [5.41, 5.74) is 2.27. The van der Waals surface area contributed by atoms with Gasteiger partial charge in [-0.1, -0.05) is 13.3 Å². The standard InChI is InChI=1S/C18H33N5OS/c1-5-25(24)17-9-6-8-16(13-17)21-18(19-4)20-10-7-11-23-15(3)12-14(2)22-23/h12,16-17H,5-11,13H2,1-4H3,(H2,19,20,21). The summed E-state index contributed by atoms with van der Waals surface area (Å²) < 4.78 is 14.1. The zero-order valence-electron chi connectivity index (χ0n) is 16.0. The van der Waals surface area contributed by atoms with Crippen LogP contribution in [0.3, 0.4) is 0 Å². The quantitative estimate of drug-likeness (QED) is 0.440. The van der Waals surface area contributed by atoms with E-state index >= 15 is 0 Å². The molecule has 1 aromatic rings. The van der Waals surface area contributed by atoms with Crippen molar-refractivity contribution < 1.29 is 4.21 Å². The van der Waals surface area contributed by atoms with Crippen molar-refractivity contribution in [3.63, 3.8) is 0 Å². The average Bonchev–Trinajstić information content (AvgIpc) is 2.94. The fourth-order valence-electron chi connectivity index (χ4n) is 3.48. The lowest BCUT2D eigenvalue weighted by molar-refractivity contribution is 0.413. The van der Waals surface area contributed by atoms with Crippen molar-refractivity contribution in [3.8, 4) is 0 Å². The molecule has 1 aliphatic carbocycles. The van der Waals surface area contributed by atoms with Gasteiger partial charge >= 0.3 is 0 Å². The summed E-state index contributed by atoms with van der Waals surface area (Å²) in [6.45, 7) is 7.89. The van der Waals surface area contributed by atoms with Crippen molar-refractivity contribution in [1.29, 1.82) is 0 Å². The van der Waals surface area contributed by atoms with Crippen LogP contribution >= 0.6 is 0 Å². The molecule has 6 nitrogen and oxygen atoms in total.